The van der Waals surface area contributed by atoms with E-state index in [1.165, 1.54) is 56.0 Å². The minimum absolute atomic E-state index is 0.0754. The zero-order valence-corrected chi connectivity index (χ0v) is 25.2. The first-order valence-corrected chi connectivity index (χ1v) is 15.9. The van der Waals surface area contributed by atoms with Gasteiger partial charge < -0.3 is 4.90 Å². The van der Waals surface area contributed by atoms with Gasteiger partial charge in [-0.2, -0.15) is 0 Å². The smallest absolute Gasteiger partial charge is 0.104 e. The van der Waals surface area contributed by atoms with Gasteiger partial charge in [0.1, 0.15) is 5.04 Å². The van der Waals surface area contributed by atoms with Crippen LogP contribution in [0.5, 0.6) is 0 Å². The van der Waals surface area contributed by atoms with E-state index < -0.39 is 0 Å². The Kier molecular flexibility index (Phi) is 6.24. The molecule has 0 bridgehead atoms. The van der Waals surface area contributed by atoms with Crippen LogP contribution < -0.4 is 4.90 Å². The fourth-order valence-corrected chi connectivity index (χ4v) is 7.93. The Morgan fingerprint density at radius 2 is 1.33 bits per heavy atom. The summed E-state index contributed by atoms with van der Waals surface area (Å²) in [6, 6.07) is 46.0. The highest BCUT2D eigenvalue weighted by Gasteiger charge is 2.36. The van der Waals surface area contributed by atoms with Crippen molar-refractivity contribution in [2.75, 3.05) is 4.90 Å². The molecule has 3 aliphatic rings. The second-order valence-corrected chi connectivity index (χ2v) is 13.1. The fourth-order valence-electron chi connectivity index (χ4n) is 6.80. The van der Waals surface area contributed by atoms with E-state index in [2.05, 4.69) is 158 Å². The highest BCUT2D eigenvalue weighted by Crippen LogP contribution is 2.51. The molecule has 0 fully saturated rings. The number of para-hydroxylation sites is 1. The molecule has 43 heavy (non-hydrogen) atoms. The maximum atomic E-state index is 5.16. The number of allylic oxidation sites excluding steroid dienone is 2. The lowest BCUT2D eigenvalue weighted by Crippen LogP contribution is -2.21. The normalized spacial score (nSPS) is 17.7. The van der Waals surface area contributed by atoms with Crippen LogP contribution >= 0.6 is 11.8 Å². The molecule has 3 heteroatoms. The van der Waals surface area contributed by atoms with Gasteiger partial charge in [0.2, 0.25) is 0 Å². The molecule has 0 radical (unpaired) electrons. The summed E-state index contributed by atoms with van der Waals surface area (Å²) in [7, 11) is 0. The summed E-state index contributed by atoms with van der Waals surface area (Å²) in [5, 5.41) is 1.46. The van der Waals surface area contributed by atoms with Crippen molar-refractivity contribution in [1.82, 2.24) is 0 Å². The number of rotatable bonds is 5. The van der Waals surface area contributed by atoms with Crippen molar-refractivity contribution >= 4 is 28.2 Å². The van der Waals surface area contributed by atoms with Gasteiger partial charge in [0, 0.05) is 27.9 Å². The van der Waals surface area contributed by atoms with E-state index in [4.69, 9.17) is 4.99 Å². The van der Waals surface area contributed by atoms with E-state index >= 15 is 0 Å². The molecule has 0 saturated carbocycles. The number of anilines is 2. The van der Waals surface area contributed by atoms with E-state index in [-0.39, 0.29) is 5.41 Å². The van der Waals surface area contributed by atoms with Crippen molar-refractivity contribution in [3.8, 4) is 22.3 Å². The molecule has 5 aromatic rings. The average Bonchev–Trinajstić information content (AvgIpc) is 3.59. The molecule has 8 rings (SSSR count). The Morgan fingerprint density at radius 1 is 0.674 bits per heavy atom. The zero-order chi connectivity index (χ0) is 29.0. The number of fused-ring (bicyclic) bond motifs is 4. The molecule has 2 aliphatic carbocycles. The van der Waals surface area contributed by atoms with Gasteiger partial charge >= 0.3 is 0 Å². The summed E-state index contributed by atoms with van der Waals surface area (Å²) in [4.78, 5) is 7.61. The molecule has 5 aromatic carbocycles. The van der Waals surface area contributed by atoms with Crippen LogP contribution in [-0.4, -0.2) is 10.3 Å². The van der Waals surface area contributed by atoms with Gasteiger partial charge in [-0.25, -0.2) is 4.99 Å². The molecular weight excluding hydrogens is 541 g/mol. The van der Waals surface area contributed by atoms with Crippen LogP contribution in [0.15, 0.2) is 156 Å². The topological polar surface area (TPSA) is 15.6 Å². The summed E-state index contributed by atoms with van der Waals surface area (Å²) in [6.45, 7) is 4.71. The first-order valence-electron chi connectivity index (χ1n) is 15.0. The van der Waals surface area contributed by atoms with Crippen LogP contribution in [0.4, 0.5) is 11.4 Å². The van der Waals surface area contributed by atoms with Crippen molar-refractivity contribution < 1.29 is 0 Å². The first-order chi connectivity index (χ1) is 21.1. The average molecular weight is 573 g/mol. The van der Waals surface area contributed by atoms with Crippen LogP contribution in [0, 0.1) is 0 Å². The Bertz CT molecular complexity index is 1950. The number of nitrogens with zero attached hydrogens (tertiary/aromatic N) is 2. The van der Waals surface area contributed by atoms with Gasteiger partial charge in [0.05, 0.1) is 16.6 Å². The van der Waals surface area contributed by atoms with Gasteiger partial charge in [-0.15, -0.1) is 0 Å². The third-order valence-corrected chi connectivity index (χ3v) is 10.3. The molecular formula is C40H32N2S. The van der Waals surface area contributed by atoms with Crippen LogP contribution in [0.2, 0.25) is 0 Å². The lowest BCUT2D eigenvalue weighted by molar-refractivity contribution is 0.660. The van der Waals surface area contributed by atoms with Crippen LogP contribution in [-0.2, 0) is 5.41 Å². The van der Waals surface area contributed by atoms with Crippen molar-refractivity contribution in [3.05, 3.63) is 168 Å². The monoisotopic (exact) mass is 572 g/mol. The number of hydrogen-bond donors (Lipinski definition) is 0. The molecule has 1 unspecified atom stereocenters. The zero-order valence-electron chi connectivity index (χ0n) is 24.4. The second-order valence-electron chi connectivity index (χ2n) is 11.9. The second kappa shape index (κ2) is 10.3. The minimum atomic E-state index is -0.0754. The van der Waals surface area contributed by atoms with Gasteiger partial charge in [-0.1, -0.05) is 141 Å². The quantitative estimate of drug-likeness (QED) is 0.208. The van der Waals surface area contributed by atoms with Crippen molar-refractivity contribution in [1.29, 1.82) is 0 Å². The van der Waals surface area contributed by atoms with E-state index in [1.807, 2.05) is 11.8 Å². The number of aliphatic imine (C=N–C) groups is 1. The van der Waals surface area contributed by atoms with Gasteiger partial charge in [-0.3, -0.25) is 0 Å². The molecule has 2 nitrogen and oxygen atoms in total. The Hall–Kier alpha value is -4.60. The summed E-state index contributed by atoms with van der Waals surface area (Å²) >= 11 is 1.88. The predicted octanol–water partition coefficient (Wildman–Crippen LogP) is 10.5. The first kappa shape index (κ1) is 26.1. The van der Waals surface area contributed by atoms with Gasteiger partial charge in [-0.05, 0) is 58.5 Å². The number of benzene rings is 5. The molecule has 208 valence electrons. The summed E-state index contributed by atoms with van der Waals surface area (Å²) in [5.74, 6) is 0. The Labute approximate surface area is 258 Å². The fraction of sp³-hybridized carbons (Fsp3) is 0.125. The molecule has 1 atom stereocenters. The SMILES string of the molecule is CC1(C)c2ccccc2-c2ccc(N(C3=CCC4SC(c5ccccc5)=NC4=C3)c3ccccc3-c3ccccc3)cc21. The maximum absolute atomic E-state index is 5.16. The van der Waals surface area contributed by atoms with Crippen molar-refractivity contribution in [3.63, 3.8) is 0 Å². The van der Waals surface area contributed by atoms with Crippen LogP contribution in [0.25, 0.3) is 22.3 Å². The standard InChI is InChI=1S/C40H32N2S/c1-40(2)34-19-11-9-18-32(34)33-23-21-29(25-35(33)40)42(37-20-12-10-17-31(37)27-13-5-3-6-14-27)30-22-24-38-36(26-30)41-39(43-38)28-15-7-4-8-16-28/h3-23,25-26,38H,24H2,1-2H3. The minimum Gasteiger partial charge on any atom is -0.310 e. The van der Waals surface area contributed by atoms with Crippen molar-refractivity contribution in [2.45, 2.75) is 30.9 Å². The highest BCUT2D eigenvalue weighted by molar-refractivity contribution is 8.15. The van der Waals surface area contributed by atoms with E-state index in [1.54, 1.807) is 0 Å². The van der Waals surface area contributed by atoms with E-state index in [9.17, 15) is 0 Å². The lowest BCUT2D eigenvalue weighted by Gasteiger charge is -2.32. The molecule has 1 aliphatic heterocycles. The largest absolute Gasteiger partial charge is 0.310 e. The molecule has 0 aromatic heterocycles. The Balaban J connectivity index is 1.29. The van der Waals surface area contributed by atoms with Crippen LogP contribution in [0.3, 0.4) is 0 Å². The highest BCUT2D eigenvalue weighted by atomic mass is 32.2. The lowest BCUT2D eigenvalue weighted by atomic mass is 9.82. The Morgan fingerprint density at radius 3 is 2.12 bits per heavy atom. The third kappa shape index (κ3) is 4.38. The number of hydrogen-bond acceptors (Lipinski definition) is 3. The van der Waals surface area contributed by atoms with E-state index in [0.29, 0.717) is 5.25 Å². The third-order valence-electron chi connectivity index (χ3n) is 8.99. The van der Waals surface area contributed by atoms with Gasteiger partial charge in [0.25, 0.3) is 0 Å². The maximum Gasteiger partial charge on any atom is 0.104 e. The molecule has 0 saturated heterocycles. The van der Waals surface area contributed by atoms with Gasteiger partial charge in [0.15, 0.2) is 0 Å². The summed E-state index contributed by atoms with van der Waals surface area (Å²) in [6.07, 6.45) is 5.66. The van der Waals surface area contributed by atoms with Crippen LogP contribution in [0.1, 0.15) is 37.0 Å². The summed E-state index contributed by atoms with van der Waals surface area (Å²) in [5.41, 5.74) is 13.6. The summed E-state index contributed by atoms with van der Waals surface area (Å²) < 4.78 is 0. The molecule has 0 amide bonds. The molecule has 0 N–H and O–H groups in total. The predicted molar refractivity (Wildman–Crippen MR) is 183 cm³/mol. The molecule has 1 heterocycles. The molecule has 0 spiro atoms. The van der Waals surface area contributed by atoms with E-state index in [0.717, 1.165) is 17.2 Å². The van der Waals surface area contributed by atoms with Crippen molar-refractivity contribution in [2.24, 2.45) is 4.99 Å². The number of thioether (sulfide) groups is 1.